The molecular weight excluding hydrogens is 384 g/mol. The summed E-state index contributed by atoms with van der Waals surface area (Å²) in [6.45, 7) is 2.08. The van der Waals surface area contributed by atoms with E-state index < -0.39 is 30.1 Å². The lowest BCUT2D eigenvalue weighted by atomic mass is 9.98. The number of nitrogens with one attached hydrogen (secondary N) is 1. The molecule has 4 rings (SSSR count). The van der Waals surface area contributed by atoms with Crippen molar-refractivity contribution in [2.24, 2.45) is 0 Å². The first kappa shape index (κ1) is 19.9. The van der Waals surface area contributed by atoms with Gasteiger partial charge in [-0.2, -0.15) is 0 Å². The number of carboxylic acid groups (broad SMARTS) is 1. The van der Waals surface area contributed by atoms with Crippen LogP contribution in [-0.4, -0.2) is 53.2 Å². The van der Waals surface area contributed by atoms with E-state index in [-0.39, 0.29) is 12.5 Å². The fraction of sp³-hybridized carbons (Fsp3) is 0.348. The Kier molecular flexibility index (Phi) is 5.44. The third-order valence-corrected chi connectivity index (χ3v) is 5.87. The fourth-order valence-electron chi connectivity index (χ4n) is 4.41. The second-order valence-electron chi connectivity index (χ2n) is 7.72. The van der Waals surface area contributed by atoms with Gasteiger partial charge in [0.1, 0.15) is 18.7 Å². The minimum atomic E-state index is -1.02. The van der Waals surface area contributed by atoms with Crippen molar-refractivity contribution in [2.45, 2.75) is 37.8 Å². The minimum Gasteiger partial charge on any atom is -0.480 e. The summed E-state index contributed by atoms with van der Waals surface area (Å²) in [5, 5.41) is 11.8. The quantitative estimate of drug-likeness (QED) is 0.793. The Morgan fingerprint density at radius 2 is 1.70 bits per heavy atom. The summed E-state index contributed by atoms with van der Waals surface area (Å²) >= 11 is 0. The second kappa shape index (κ2) is 8.18. The molecule has 1 aliphatic carbocycles. The Balaban J connectivity index is 1.38. The number of benzene rings is 2. The molecule has 0 radical (unpaired) electrons. The minimum absolute atomic E-state index is 0.0656. The van der Waals surface area contributed by atoms with E-state index in [0.717, 1.165) is 22.3 Å². The van der Waals surface area contributed by atoms with Gasteiger partial charge in [-0.1, -0.05) is 48.5 Å². The van der Waals surface area contributed by atoms with Gasteiger partial charge in [-0.3, -0.25) is 4.79 Å². The van der Waals surface area contributed by atoms with Crippen molar-refractivity contribution < 1.29 is 24.2 Å². The van der Waals surface area contributed by atoms with Gasteiger partial charge in [0.25, 0.3) is 0 Å². The highest BCUT2D eigenvalue weighted by molar-refractivity contribution is 5.89. The molecule has 2 N–H and O–H groups in total. The normalized spacial score (nSPS) is 18.4. The Morgan fingerprint density at radius 1 is 1.10 bits per heavy atom. The average Bonchev–Trinajstić information content (AvgIpc) is 3.35. The van der Waals surface area contributed by atoms with Crippen LogP contribution in [0.3, 0.4) is 0 Å². The number of carboxylic acids is 1. The van der Waals surface area contributed by atoms with Crippen LogP contribution in [0.5, 0.6) is 0 Å². The molecule has 1 aliphatic heterocycles. The molecule has 156 valence electrons. The van der Waals surface area contributed by atoms with Gasteiger partial charge in [0.2, 0.25) is 5.91 Å². The number of carbonyl (C=O) groups excluding carboxylic acids is 2. The van der Waals surface area contributed by atoms with Gasteiger partial charge in [0, 0.05) is 12.5 Å². The number of ether oxygens (including phenoxy) is 1. The molecule has 0 saturated carbocycles. The molecule has 0 bridgehead atoms. The van der Waals surface area contributed by atoms with Crippen molar-refractivity contribution in [3.05, 3.63) is 59.7 Å². The van der Waals surface area contributed by atoms with Gasteiger partial charge in [-0.15, -0.1) is 0 Å². The summed E-state index contributed by atoms with van der Waals surface area (Å²) in [5.41, 5.74) is 4.49. The number of hydrogen-bond acceptors (Lipinski definition) is 4. The molecule has 7 nitrogen and oxygen atoms in total. The largest absolute Gasteiger partial charge is 0.480 e. The molecular formula is C23H24N2O5. The van der Waals surface area contributed by atoms with Gasteiger partial charge >= 0.3 is 12.1 Å². The standard InChI is InChI=1S/C23H24N2O5/c1-14(21(26)25-12-6-11-20(25)22(27)28)24-23(29)30-13-19-17-9-4-2-7-15(17)16-8-3-5-10-18(16)19/h2-5,7-10,14,19-20H,6,11-13H2,1H3,(H,24,29)(H,27,28)/t14-,20+/m0/s1. The summed E-state index contributed by atoms with van der Waals surface area (Å²) in [6.07, 6.45) is 0.378. The number of hydrogen-bond donors (Lipinski definition) is 2. The van der Waals surface area contributed by atoms with Gasteiger partial charge < -0.3 is 20.1 Å². The zero-order valence-electron chi connectivity index (χ0n) is 16.7. The van der Waals surface area contributed by atoms with E-state index in [2.05, 4.69) is 17.4 Å². The monoisotopic (exact) mass is 408 g/mol. The topological polar surface area (TPSA) is 95.9 Å². The molecule has 2 aliphatic rings. The smallest absolute Gasteiger partial charge is 0.407 e. The van der Waals surface area contributed by atoms with Crippen molar-refractivity contribution in [3.8, 4) is 11.1 Å². The lowest BCUT2D eigenvalue weighted by molar-refractivity contribution is -0.148. The van der Waals surface area contributed by atoms with E-state index in [0.29, 0.717) is 19.4 Å². The van der Waals surface area contributed by atoms with E-state index in [9.17, 15) is 19.5 Å². The Bertz CT molecular complexity index is 944. The van der Waals surface area contributed by atoms with Gasteiger partial charge in [0.15, 0.2) is 0 Å². The van der Waals surface area contributed by atoms with Crippen LogP contribution in [0, 0.1) is 0 Å². The van der Waals surface area contributed by atoms with Gasteiger partial charge in [0.05, 0.1) is 0 Å². The summed E-state index contributed by atoms with van der Waals surface area (Å²) in [4.78, 5) is 37.5. The van der Waals surface area contributed by atoms with Crippen LogP contribution in [0.1, 0.15) is 36.8 Å². The van der Waals surface area contributed by atoms with Gasteiger partial charge in [-0.05, 0) is 42.0 Å². The highest BCUT2D eigenvalue weighted by atomic mass is 16.5. The summed E-state index contributed by atoms with van der Waals surface area (Å²) < 4.78 is 5.46. The molecule has 0 unspecified atom stereocenters. The lowest BCUT2D eigenvalue weighted by Gasteiger charge is -2.25. The number of amides is 2. The predicted octanol–water partition coefficient (Wildman–Crippen LogP) is 2.99. The van der Waals surface area contributed by atoms with Crippen LogP contribution in [-0.2, 0) is 14.3 Å². The number of aliphatic carboxylic acids is 1. The van der Waals surface area contributed by atoms with Crippen molar-refractivity contribution in [1.29, 1.82) is 0 Å². The third kappa shape index (κ3) is 3.63. The Hall–Kier alpha value is -3.35. The van der Waals surface area contributed by atoms with E-state index in [4.69, 9.17) is 4.74 Å². The molecule has 1 fully saturated rings. The number of likely N-dealkylation sites (tertiary alicyclic amines) is 1. The lowest BCUT2D eigenvalue weighted by Crippen LogP contribution is -2.50. The van der Waals surface area contributed by atoms with E-state index in [1.54, 1.807) is 6.92 Å². The molecule has 7 heteroatoms. The number of carbonyl (C=O) groups is 3. The van der Waals surface area contributed by atoms with Crippen LogP contribution in [0.15, 0.2) is 48.5 Å². The first-order valence-electron chi connectivity index (χ1n) is 10.1. The average molecular weight is 408 g/mol. The number of nitrogens with zero attached hydrogens (tertiary/aromatic N) is 1. The highest BCUT2D eigenvalue weighted by Crippen LogP contribution is 2.44. The Labute approximate surface area is 174 Å². The zero-order chi connectivity index (χ0) is 21.3. The maximum absolute atomic E-state index is 12.6. The van der Waals surface area contributed by atoms with E-state index in [1.807, 2.05) is 36.4 Å². The zero-order valence-corrected chi connectivity index (χ0v) is 16.7. The van der Waals surface area contributed by atoms with Crippen LogP contribution < -0.4 is 5.32 Å². The van der Waals surface area contributed by atoms with Crippen LogP contribution in [0.4, 0.5) is 4.79 Å². The molecule has 2 atom stereocenters. The van der Waals surface area contributed by atoms with Crippen molar-refractivity contribution in [1.82, 2.24) is 10.2 Å². The maximum Gasteiger partial charge on any atom is 0.407 e. The van der Waals surface area contributed by atoms with Gasteiger partial charge in [-0.25, -0.2) is 9.59 Å². The molecule has 2 aromatic carbocycles. The first-order valence-corrected chi connectivity index (χ1v) is 10.1. The fourth-order valence-corrected chi connectivity index (χ4v) is 4.41. The highest BCUT2D eigenvalue weighted by Gasteiger charge is 2.36. The first-order chi connectivity index (χ1) is 14.5. The molecule has 1 heterocycles. The second-order valence-corrected chi connectivity index (χ2v) is 7.72. The van der Waals surface area contributed by atoms with E-state index >= 15 is 0 Å². The summed E-state index contributed by atoms with van der Waals surface area (Å²) in [5.74, 6) is -1.49. The molecule has 2 amide bonds. The molecule has 0 aromatic heterocycles. The van der Waals surface area contributed by atoms with Crippen molar-refractivity contribution >= 4 is 18.0 Å². The summed E-state index contributed by atoms with van der Waals surface area (Å²) in [6, 6.07) is 14.4. The molecule has 30 heavy (non-hydrogen) atoms. The number of alkyl carbamates (subject to hydrolysis) is 1. The molecule has 0 spiro atoms. The van der Waals surface area contributed by atoms with Crippen molar-refractivity contribution in [3.63, 3.8) is 0 Å². The SMILES string of the molecule is C[C@H](NC(=O)OCC1c2ccccc2-c2ccccc21)C(=O)N1CCC[C@@H]1C(=O)O. The third-order valence-electron chi connectivity index (χ3n) is 5.87. The molecule has 1 saturated heterocycles. The summed E-state index contributed by atoms with van der Waals surface area (Å²) in [7, 11) is 0. The van der Waals surface area contributed by atoms with Crippen LogP contribution >= 0.6 is 0 Å². The van der Waals surface area contributed by atoms with Crippen LogP contribution in [0.2, 0.25) is 0 Å². The number of rotatable bonds is 5. The van der Waals surface area contributed by atoms with Crippen molar-refractivity contribution in [2.75, 3.05) is 13.2 Å². The van der Waals surface area contributed by atoms with E-state index in [1.165, 1.54) is 4.90 Å². The van der Waals surface area contributed by atoms with Crippen LogP contribution in [0.25, 0.3) is 11.1 Å². The number of fused-ring (bicyclic) bond motifs is 3. The predicted molar refractivity (Wildman–Crippen MR) is 110 cm³/mol. The maximum atomic E-state index is 12.6. The molecule has 2 aromatic rings. The Morgan fingerprint density at radius 3 is 2.30 bits per heavy atom.